The fourth-order valence-corrected chi connectivity index (χ4v) is 8.11. The molecule has 0 bridgehead atoms. The molecule has 244 valence electrons. The number of rotatable bonds is 8. The third-order valence-corrected chi connectivity index (χ3v) is 9.60. The van der Waals surface area contributed by atoms with Gasteiger partial charge in [-0.25, -0.2) is 0 Å². The number of benzene rings is 1. The number of carbonyl (C=O) groups is 1. The van der Waals surface area contributed by atoms with Crippen molar-refractivity contribution >= 4 is 5.97 Å². The van der Waals surface area contributed by atoms with Crippen LogP contribution >= 0.6 is 0 Å². The van der Waals surface area contributed by atoms with E-state index in [9.17, 15) is 9.90 Å². The summed E-state index contributed by atoms with van der Waals surface area (Å²) in [6, 6.07) is 2.07. The summed E-state index contributed by atoms with van der Waals surface area (Å²) in [6.07, 6.45) is 3.57. The number of phenolic OH excluding ortho intramolecular Hbond substituents is 1. The molecule has 43 heavy (non-hydrogen) atoms. The molecule has 2 saturated heterocycles. The highest BCUT2D eigenvalue weighted by Crippen LogP contribution is 2.45. The minimum absolute atomic E-state index is 0.0897. The molecule has 0 aliphatic carbocycles. The summed E-state index contributed by atoms with van der Waals surface area (Å²) in [4.78, 5) is 14.6. The molecule has 3 N–H and O–H groups in total. The third-order valence-electron chi connectivity index (χ3n) is 9.60. The second-order valence-electron chi connectivity index (χ2n) is 17.3. The number of aromatic hydroxyl groups is 1. The topological polar surface area (TPSA) is 79.8 Å². The molecule has 1 aromatic rings. The maximum atomic E-state index is 14.6. The van der Waals surface area contributed by atoms with Gasteiger partial charge in [0.15, 0.2) is 0 Å². The number of piperidine rings is 2. The van der Waals surface area contributed by atoms with Crippen LogP contribution in [0.15, 0.2) is 18.4 Å². The van der Waals surface area contributed by atoms with Gasteiger partial charge in [-0.05, 0) is 110 Å². The number of phenols is 1. The summed E-state index contributed by atoms with van der Waals surface area (Å²) in [7, 11) is 0. The standard InChI is InChI=1S/C37H62N2O4/c1-16-37(25(4)42-26-18-33(8,9)38-34(10,11)19-26,31(41)43-27-20-35(12,13)39-36(14,15)21-27)22-28-23(2)17-29(32(5,6)7)30(40)24(28)3/h17,26-27,38-40H,4,16,18-22H2,1-3,5-15H3. The summed E-state index contributed by atoms with van der Waals surface area (Å²) in [5, 5.41) is 18.8. The van der Waals surface area contributed by atoms with Crippen LogP contribution in [0.5, 0.6) is 5.75 Å². The van der Waals surface area contributed by atoms with E-state index in [1.54, 1.807) is 0 Å². The molecule has 2 fully saturated rings. The zero-order chi connectivity index (χ0) is 33.0. The summed E-state index contributed by atoms with van der Waals surface area (Å²) in [5.74, 6) is 0.468. The molecule has 3 rings (SSSR count). The fraction of sp³-hybridized carbons (Fsp3) is 0.757. The lowest BCUT2D eigenvalue weighted by atomic mass is 9.73. The average molecular weight is 599 g/mol. The highest BCUT2D eigenvalue weighted by atomic mass is 16.6. The monoisotopic (exact) mass is 598 g/mol. The molecule has 2 aliphatic rings. The first kappa shape index (κ1) is 35.4. The lowest BCUT2D eigenvalue weighted by Gasteiger charge is -2.48. The van der Waals surface area contributed by atoms with Crippen LogP contribution in [-0.2, 0) is 26.1 Å². The van der Waals surface area contributed by atoms with E-state index in [4.69, 9.17) is 9.47 Å². The van der Waals surface area contributed by atoms with E-state index >= 15 is 0 Å². The summed E-state index contributed by atoms with van der Waals surface area (Å²) < 4.78 is 13.2. The smallest absolute Gasteiger partial charge is 0.320 e. The first-order valence-corrected chi connectivity index (χ1v) is 16.3. The van der Waals surface area contributed by atoms with E-state index < -0.39 is 5.41 Å². The van der Waals surface area contributed by atoms with Crippen molar-refractivity contribution in [1.82, 2.24) is 10.6 Å². The van der Waals surface area contributed by atoms with E-state index in [0.29, 0.717) is 24.4 Å². The SMILES string of the molecule is C=C(OC1CC(C)(C)NC(C)(C)C1)C(CC)(Cc1c(C)cc(C(C)(C)C)c(O)c1C)C(=O)OC1CC(C)(C)NC(C)(C)C1. The number of ether oxygens (including phenoxy) is 2. The van der Waals surface area contributed by atoms with Crippen molar-refractivity contribution in [3.05, 3.63) is 40.7 Å². The summed E-state index contributed by atoms with van der Waals surface area (Å²) in [6.45, 7) is 34.3. The molecular weight excluding hydrogens is 536 g/mol. The molecule has 1 atom stereocenters. The zero-order valence-corrected chi connectivity index (χ0v) is 29.9. The van der Waals surface area contributed by atoms with Crippen molar-refractivity contribution in [2.75, 3.05) is 0 Å². The highest BCUT2D eigenvalue weighted by molar-refractivity contribution is 5.81. The molecule has 0 saturated carbocycles. The number of nitrogens with one attached hydrogen (secondary N) is 2. The molecule has 1 aromatic carbocycles. The molecule has 2 aliphatic heterocycles. The molecule has 0 spiro atoms. The Morgan fingerprint density at radius 2 is 1.30 bits per heavy atom. The molecular formula is C37H62N2O4. The molecule has 6 heteroatoms. The molecule has 0 aromatic heterocycles. The number of carbonyl (C=O) groups excluding carboxylic acids is 1. The van der Waals surface area contributed by atoms with Gasteiger partial charge in [-0.3, -0.25) is 4.79 Å². The summed E-state index contributed by atoms with van der Waals surface area (Å²) in [5.41, 5.74) is 1.83. The van der Waals surface area contributed by atoms with Crippen molar-refractivity contribution in [2.45, 2.75) is 175 Å². The van der Waals surface area contributed by atoms with Crippen molar-refractivity contribution in [3.8, 4) is 5.75 Å². The number of hydrogen-bond donors (Lipinski definition) is 3. The van der Waals surface area contributed by atoms with Crippen molar-refractivity contribution in [1.29, 1.82) is 0 Å². The van der Waals surface area contributed by atoms with Gasteiger partial charge in [-0.15, -0.1) is 0 Å². The first-order chi connectivity index (χ1) is 19.3. The van der Waals surface area contributed by atoms with Crippen molar-refractivity contribution < 1.29 is 19.4 Å². The maximum absolute atomic E-state index is 14.6. The Morgan fingerprint density at radius 1 is 0.884 bits per heavy atom. The molecule has 0 radical (unpaired) electrons. The van der Waals surface area contributed by atoms with Crippen molar-refractivity contribution in [2.24, 2.45) is 5.41 Å². The molecule has 2 heterocycles. The van der Waals surface area contributed by atoms with Gasteiger partial charge in [-0.2, -0.15) is 0 Å². The Hall–Kier alpha value is -2.05. The normalized spacial score (nSPS) is 23.3. The van der Waals surface area contributed by atoms with E-state index in [-0.39, 0.29) is 45.7 Å². The van der Waals surface area contributed by atoms with Crippen LogP contribution in [0.3, 0.4) is 0 Å². The fourth-order valence-electron chi connectivity index (χ4n) is 8.11. The molecule has 6 nitrogen and oxygen atoms in total. The van der Waals surface area contributed by atoms with E-state index in [0.717, 1.165) is 47.9 Å². The second kappa shape index (κ2) is 11.7. The first-order valence-electron chi connectivity index (χ1n) is 16.3. The van der Waals surface area contributed by atoms with Gasteiger partial charge >= 0.3 is 5.97 Å². The minimum atomic E-state index is -1.11. The largest absolute Gasteiger partial charge is 0.507 e. The van der Waals surface area contributed by atoms with Gasteiger partial charge < -0.3 is 25.2 Å². The Bertz CT molecular complexity index is 1130. The predicted octanol–water partition coefficient (Wildman–Crippen LogP) is 7.94. The van der Waals surface area contributed by atoms with E-state index in [1.165, 1.54) is 0 Å². The van der Waals surface area contributed by atoms with Gasteiger partial charge in [0.25, 0.3) is 0 Å². The summed E-state index contributed by atoms with van der Waals surface area (Å²) >= 11 is 0. The Balaban J connectivity index is 2.07. The van der Waals surface area contributed by atoms with Crippen LogP contribution in [0, 0.1) is 19.3 Å². The maximum Gasteiger partial charge on any atom is 0.320 e. The number of esters is 1. The Labute approximate surface area is 262 Å². The van der Waals surface area contributed by atoms with Crippen LogP contribution in [0.25, 0.3) is 0 Å². The van der Waals surface area contributed by atoms with Crippen LogP contribution in [0.4, 0.5) is 0 Å². The van der Waals surface area contributed by atoms with Crippen LogP contribution < -0.4 is 10.6 Å². The minimum Gasteiger partial charge on any atom is -0.507 e. The number of aryl methyl sites for hydroxylation is 1. The molecule has 1 unspecified atom stereocenters. The van der Waals surface area contributed by atoms with Crippen LogP contribution in [0.1, 0.15) is 137 Å². The average Bonchev–Trinajstić information content (AvgIpc) is 2.76. The van der Waals surface area contributed by atoms with Gasteiger partial charge in [0.1, 0.15) is 29.1 Å². The van der Waals surface area contributed by atoms with Gasteiger partial charge in [0.05, 0.1) is 0 Å². The van der Waals surface area contributed by atoms with Gasteiger partial charge in [0.2, 0.25) is 0 Å². The predicted molar refractivity (Wildman–Crippen MR) is 178 cm³/mol. The third kappa shape index (κ3) is 8.16. The zero-order valence-electron chi connectivity index (χ0n) is 29.9. The highest BCUT2D eigenvalue weighted by Gasteiger charge is 2.49. The van der Waals surface area contributed by atoms with E-state index in [2.05, 4.69) is 106 Å². The number of hydrogen-bond acceptors (Lipinski definition) is 6. The Kier molecular flexibility index (Phi) is 9.65. The van der Waals surface area contributed by atoms with Crippen LogP contribution in [-0.4, -0.2) is 45.4 Å². The van der Waals surface area contributed by atoms with Gasteiger partial charge in [0, 0.05) is 47.8 Å². The van der Waals surface area contributed by atoms with Gasteiger partial charge in [-0.1, -0.05) is 40.3 Å². The van der Waals surface area contributed by atoms with E-state index in [1.807, 2.05) is 13.8 Å². The quantitative estimate of drug-likeness (QED) is 0.208. The van der Waals surface area contributed by atoms with Crippen molar-refractivity contribution in [3.63, 3.8) is 0 Å². The lowest BCUT2D eigenvalue weighted by molar-refractivity contribution is -0.167. The lowest BCUT2D eigenvalue weighted by Crippen LogP contribution is -2.60. The second-order valence-corrected chi connectivity index (χ2v) is 17.3. The molecule has 0 amide bonds. The Morgan fingerprint density at radius 3 is 1.70 bits per heavy atom. The van der Waals surface area contributed by atoms with Crippen LogP contribution in [0.2, 0.25) is 0 Å².